The van der Waals surface area contributed by atoms with Crippen LogP contribution in [0.5, 0.6) is 0 Å². The predicted molar refractivity (Wildman–Crippen MR) is 81.8 cm³/mol. The number of nitrogens with one attached hydrogen (secondary N) is 2. The fourth-order valence-electron chi connectivity index (χ4n) is 2.78. The second-order valence-corrected chi connectivity index (χ2v) is 5.68. The van der Waals surface area contributed by atoms with E-state index in [1.54, 1.807) is 7.05 Å². The highest BCUT2D eigenvalue weighted by atomic mass is 16.1. The van der Waals surface area contributed by atoms with E-state index < -0.39 is 0 Å². The van der Waals surface area contributed by atoms with Gasteiger partial charge in [0.1, 0.15) is 0 Å². The molecule has 1 amide bonds. The summed E-state index contributed by atoms with van der Waals surface area (Å²) < 4.78 is 0. The van der Waals surface area contributed by atoms with E-state index in [1.165, 1.54) is 31.5 Å². The summed E-state index contributed by atoms with van der Waals surface area (Å²) in [6, 6.07) is 7.80. The van der Waals surface area contributed by atoms with E-state index in [0.717, 1.165) is 19.0 Å². The molecule has 1 aromatic carbocycles. The Balaban J connectivity index is 1.75. The van der Waals surface area contributed by atoms with Gasteiger partial charge in [0.05, 0.1) is 0 Å². The van der Waals surface area contributed by atoms with Crippen LogP contribution in [-0.4, -0.2) is 44.5 Å². The van der Waals surface area contributed by atoms with E-state index >= 15 is 0 Å². The van der Waals surface area contributed by atoms with Gasteiger partial charge in [-0.2, -0.15) is 0 Å². The molecule has 4 nitrogen and oxygen atoms in total. The van der Waals surface area contributed by atoms with E-state index in [1.807, 2.05) is 24.3 Å². The highest BCUT2D eigenvalue weighted by molar-refractivity contribution is 5.93. The Morgan fingerprint density at radius 2 is 2.10 bits per heavy atom. The summed E-state index contributed by atoms with van der Waals surface area (Å²) in [5.41, 5.74) is 1.94. The lowest BCUT2D eigenvalue weighted by atomic mass is 9.98. The summed E-state index contributed by atoms with van der Waals surface area (Å²) in [5, 5.41) is 6.16. The molecule has 1 atom stereocenters. The van der Waals surface area contributed by atoms with Gasteiger partial charge in [-0.05, 0) is 56.6 Å². The van der Waals surface area contributed by atoms with E-state index in [-0.39, 0.29) is 5.91 Å². The van der Waals surface area contributed by atoms with Crippen LogP contribution in [-0.2, 0) is 6.54 Å². The normalized spacial score (nSPS) is 19.8. The molecule has 1 heterocycles. The first-order chi connectivity index (χ1) is 9.69. The third-order valence-corrected chi connectivity index (χ3v) is 3.93. The van der Waals surface area contributed by atoms with Crippen LogP contribution < -0.4 is 10.6 Å². The summed E-state index contributed by atoms with van der Waals surface area (Å²) in [5.74, 6) is 0.730. The van der Waals surface area contributed by atoms with Crippen molar-refractivity contribution in [1.82, 2.24) is 15.5 Å². The number of carbonyl (C=O) groups excluding carboxylic acids is 1. The Hall–Kier alpha value is -1.39. The zero-order valence-electron chi connectivity index (χ0n) is 12.5. The molecule has 0 aromatic heterocycles. The van der Waals surface area contributed by atoms with Crippen molar-refractivity contribution in [3.63, 3.8) is 0 Å². The monoisotopic (exact) mass is 275 g/mol. The first-order valence-electron chi connectivity index (χ1n) is 7.39. The summed E-state index contributed by atoms with van der Waals surface area (Å²) in [4.78, 5) is 13.9. The Morgan fingerprint density at radius 3 is 2.75 bits per heavy atom. The Kier molecular flexibility index (Phi) is 5.56. The van der Waals surface area contributed by atoms with Gasteiger partial charge in [0.15, 0.2) is 0 Å². The minimum atomic E-state index is -0.0326. The van der Waals surface area contributed by atoms with Gasteiger partial charge in [0.25, 0.3) is 5.91 Å². The Bertz CT molecular complexity index is 430. The van der Waals surface area contributed by atoms with Gasteiger partial charge >= 0.3 is 0 Å². The first kappa shape index (κ1) is 15.0. The molecule has 0 aliphatic carbocycles. The van der Waals surface area contributed by atoms with Crippen molar-refractivity contribution in [3.8, 4) is 0 Å². The molecule has 0 radical (unpaired) electrons. The van der Waals surface area contributed by atoms with Gasteiger partial charge in [0.2, 0.25) is 0 Å². The van der Waals surface area contributed by atoms with Crippen LogP contribution in [0.15, 0.2) is 24.3 Å². The van der Waals surface area contributed by atoms with Gasteiger partial charge in [-0.3, -0.25) is 4.79 Å². The van der Waals surface area contributed by atoms with Crippen molar-refractivity contribution in [2.75, 3.05) is 33.7 Å². The molecule has 1 aliphatic rings. The van der Waals surface area contributed by atoms with Gasteiger partial charge in [0, 0.05) is 25.7 Å². The van der Waals surface area contributed by atoms with Gasteiger partial charge in [-0.1, -0.05) is 12.1 Å². The van der Waals surface area contributed by atoms with Crippen LogP contribution in [0, 0.1) is 5.92 Å². The SMILES string of the molecule is CNC(=O)c1ccc(CNC[C@@H]2CCCN(C)C2)cc1. The van der Waals surface area contributed by atoms with Crippen molar-refractivity contribution in [2.24, 2.45) is 5.92 Å². The molecule has 0 unspecified atom stereocenters. The Morgan fingerprint density at radius 1 is 1.35 bits per heavy atom. The topological polar surface area (TPSA) is 44.4 Å². The molecule has 1 aromatic rings. The fraction of sp³-hybridized carbons (Fsp3) is 0.562. The number of benzene rings is 1. The molecular formula is C16H25N3O. The lowest BCUT2D eigenvalue weighted by Gasteiger charge is -2.29. The number of likely N-dealkylation sites (tertiary alicyclic amines) is 1. The number of rotatable bonds is 5. The number of nitrogens with zero attached hydrogens (tertiary/aromatic N) is 1. The standard InChI is InChI=1S/C16H25N3O/c1-17-16(20)15-7-5-13(6-8-15)10-18-11-14-4-3-9-19(2)12-14/h5-8,14,18H,3-4,9-12H2,1-2H3,(H,17,20)/t14-/m0/s1. The van der Waals surface area contributed by atoms with E-state index in [9.17, 15) is 4.79 Å². The number of carbonyl (C=O) groups is 1. The van der Waals surface area contributed by atoms with Crippen LogP contribution in [0.25, 0.3) is 0 Å². The average molecular weight is 275 g/mol. The number of amides is 1. The quantitative estimate of drug-likeness (QED) is 0.855. The maximum atomic E-state index is 11.4. The molecule has 4 heteroatoms. The van der Waals surface area contributed by atoms with Crippen LogP contribution in [0.3, 0.4) is 0 Å². The third-order valence-electron chi connectivity index (χ3n) is 3.93. The number of hydrogen-bond donors (Lipinski definition) is 2. The number of hydrogen-bond acceptors (Lipinski definition) is 3. The second-order valence-electron chi connectivity index (χ2n) is 5.68. The lowest BCUT2D eigenvalue weighted by Crippen LogP contribution is -2.37. The molecule has 1 fully saturated rings. The van der Waals surface area contributed by atoms with Gasteiger partial charge in [-0.15, -0.1) is 0 Å². The van der Waals surface area contributed by atoms with E-state index in [2.05, 4.69) is 22.6 Å². The summed E-state index contributed by atoms with van der Waals surface area (Å²) in [7, 11) is 3.85. The maximum absolute atomic E-state index is 11.4. The first-order valence-corrected chi connectivity index (χ1v) is 7.39. The van der Waals surface area contributed by atoms with Gasteiger partial charge < -0.3 is 15.5 Å². The lowest BCUT2D eigenvalue weighted by molar-refractivity contribution is 0.0963. The van der Waals surface area contributed by atoms with E-state index in [0.29, 0.717) is 5.56 Å². The summed E-state index contributed by atoms with van der Waals surface area (Å²) in [6.45, 7) is 4.37. The highest BCUT2D eigenvalue weighted by Gasteiger charge is 2.16. The molecule has 0 spiro atoms. The predicted octanol–water partition coefficient (Wildman–Crippen LogP) is 1.48. The molecular weight excluding hydrogens is 250 g/mol. The van der Waals surface area contributed by atoms with E-state index in [4.69, 9.17) is 0 Å². The molecule has 20 heavy (non-hydrogen) atoms. The number of piperidine rings is 1. The van der Waals surface area contributed by atoms with Crippen molar-refractivity contribution >= 4 is 5.91 Å². The van der Waals surface area contributed by atoms with Crippen molar-refractivity contribution in [3.05, 3.63) is 35.4 Å². The van der Waals surface area contributed by atoms with Crippen molar-refractivity contribution in [1.29, 1.82) is 0 Å². The zero-order valence-corrected chi connectivity index (χ0v) is 12.5. The zero-order chi connectivity index (χ0) is 14.4. The fourth-order valence-corrected chi connectivity index (χ4v) is 2.78. The molecule has 0 saturated carbocycles. The summed E-state index contributed by atoms with van der Waals surface area (Å²) in [6.07, 6.45) is 2.64. The van der Waals surface area contributed by atoms with Crippen LogP contribution in [0.1, 0.15) is 28.8 Å². The minimum Gasteiger partial charge on any atom is -0.355 e. The minimum absolute atomic E-state index is 0.0326. The average Bonchev–Trinajstić information content (AvgIpc) is 2.47. The van der Waals surface area contributed by atoms with Crippen LogP contribution >= 0.6 is 0 Å². The molecule has 1 saturated heterocycles. The van der Waals surface area contributed by atoms with Crippen molar-refractivity contribution in [2.45, 2.75) is 19.4 Å². The van der Waals surface area contributed by atoms with Gasteiger partial charge in [-0.25, -0.2) is 0 Å². The Labute approximate surface area is 121 Å². The largest absolute Gasteiger partial charge is 0.355 e. The molecule has 0 bridgehead atoms. The third kappa shape index (κ3) is 4.32. The second kappa shape index (κ2) is 7.41. The highest BCUT2D eigenvalue weighted by Crippen LogP contribution is 2.14. The smallest absolute Gasteiger partial charge is 0.251 e. The van der Waals surface area contributed by atoms with Crippen molar-refractivity contribution < 1.29 is 4.79 Å². The molecule has 110 valence electrons. The van der Waals surface area contributed by atoms with Crippen LogP contribution in [0.2, 0.25) is 0 Å². The molecule has 2 N–H and O–H groups in total. The maximum Gasteiger partial charge on any atom is 0.251 e. The van der Waals surface area contributed by atoms with Crippen LogP contribution in [0.4, 0.5) is 0 Å². The molecule has 1 aliphatic heterocycles. The summed E-state index contributed by atoms with van der Waals surface area (Å²) >= 11 is 0. The molecule has 2 rings (SSSR count).